The average Bonchev–Trinajstić information content (AvgIpc) is 3.85. The van der Waals surface area contributed by atoms with Crippen LogP contribution in [0.1, 0.15) is 148 Å². The Bertz CT molecular complexity index is 2330. The van der Waals surface area contributed by atoms with Gasteiger partial charge in [-0.15, -0.1) is 0 Å². The molecule has 2 aromatic rings. The Labute approximate surface area is 394 Å². The molecule has 1 heterocycles. The molecule has 360 valence electrons. The van der Waals surface area contributed by atoms with E-state index in [1.807, 2.05) is 4.90 Å². The van der Waals surface area contributed by atoms with Gasteiger partial charge in [0.05, 0.1) is 28.8 Å². The zero-order valence-electron chi connectivity index (χ0n) is 40.0. The quantitative estimate of drug-likeness (QED) is 0.192. The van der Waals surface area contributed by atoms with Gasteiger partial charge in [0.25, 0.3) is 0 Å². The number of fused-ring (bicyclic) bond motifs is 3. The lowest BCUT2D eigenvalue weighted by atomic mass is 9.32. The number of halogens is 4. The molecule has 0 saturated heterocycles. The molecule has 4 bridgehead atoms. The lowest BCUT2D eigenvalue weighted by Crippen LogP contribution is -2.67. The molecule has 14 atom stereocenters. The van der Waals surface area contributed by atoms with Crippen molar-refractivity contribution in [3.63, 3.8) is 0 Å². The second-order valence-corrected chi connectivity index (χ2v) is 24.7. The van der Waals surface area contributed by atoms with Gasteiger partial charge in [0, 0.05) is 33.9 Å². The predicted molar refractivity (Wildman–Crippen MR) is 248 cm³/mol. The molecule has 2 spiro atoms. The minimum absolute atomic E-state index is 0.00749. The summed E-state index contributed by atoms with van der Waals surface area (Å²) in [5.74, 6) is 2.23. The van der Waals surface area contributed by atoms with Gasteiger partial charge in [0.2, 0.25) is 5.78 Å². The van der Waals surface area contributed by atoms with Crippen LogP contribution in [0.4, 0.5) is 18.0 Å². The molecule has 7 saturated carbocycles. The normalized spacial score (nSPS) is 41.9. The SMILES string of the molecule is CC1CCC(C(C)C)C(OC(=O)N(CC2CCC3CC2C3(C)C)CC2(O)CCC3C45C=CC6(C=C4C(=O)c4ccc(-c7cc(C(F)(F)F)ccc7Cl)o4)CC(O)CCC6(C)C5CCC32C)C1. The van der Waals surface area contributed by atoms with Gasteiger partial charge in [-0.1, -0.05) is 84.7 Å². The highest BCUT2D eigenvalue weighted by molar-refractivity contribution is 6.33. The molecule has 10 aliphatic rings. The van der Waals surface area contributed by atoms with E-state index in [1.54, 1.807) is 0 Å². The summed E-state index contributed by atoms with van der Waals surface area (Å²) in [6.07, 6.45) is 11.8. The van der Waals surface area contributed by atoms with Crippen LogP contribution in [0.5, 0.6) is 0 Å². The fraction of sp³-hybridized carbons (Fsp3) is 0.709. The minimum atomic E-state index is -4.60. The molecule has 7 nitrogen and oxygen atoms in total. The third-order valence-electron chi connectivity index (χ3n) is 20.7. The highest BCUT2D eigenvalue weighted by Gasteiger charge is 2.75. The number of carbonyl (C=O) groups is 2. The van der Waals surface area contributed by atoms with Crippen LogP contribution in [0.25, 0.3) is 11.3 Å². The maximum absolute atomic E-state index is 15.4. The van der Waals surface area contributed by atoms with E-state index in [0.29, 0.717) is 73.8 Å². The number of rotatable bonds is 9. The molecule has 1 aromatic heterocycles. The van der Waals surface area contributed by atoms with Crippen molar-refractivity contribution in [3.05, 3.63) is 70.5 Å². The van der Waals surface area contributed by atoms with Crippen LogP contribution in [-0.2, 0) is 10.9 Å². The number of ether oxygens (including phenoxy) is 1. The summed E-state index contributed by atoms with van der Waals surface area (Å²) in [5.41, 5.74) is -3.70. The number of Topliss-reactive ketones (excluding diaryl/α,β-unsaturated/α-hetero) is 1. The second-order valence-electron chi connectivity index (χ2n) is 24.3. The molecule has 11 heteroatoms. The Balaban J connectivity index is 1.01. The summed E-state index contributed by atoms with van der Waals surface area (Å²) in [4.78, 5) is 32.2. The van der Waals surface area contributed by atoms with E-state index in [0.717, 1.165) is 57.1 Å². The first kappa shape index (κ1) is 46.6. The summed E-state index contributed by atoms with van der Waals surface area (Å²) < 4.78 is 54.4. The van der Waals surface area contributed by atoms with Crippen LogP contribution in [0.15, 0.2) is 58.6 Å². The molecule has 0 radical (unpaired) electrons. The summed E-state index contributed by atoms with van der Waals surface area (Å²) in [7, 11) is 0. The van der Waals surface area contributed by atoms with Crippen molar-refractivity contribution in [1.29, 1.82) is 0 Å². The summed E-state index contributed by atoms with van der Waals surface area (Å²) >= 11 is 6.46. The number of carbonyl (C=O) groups excluding carboxylic acids is 2. The number of aliphatic hydroxyl groups is 2. The van der Waals surface area contributed by atoms with Gasteiger partial charge < -0.3 is 24.3 Å². The number of amides is 1. The number of alkyl halides is 3. The maximum Gasteiger partial charge on any atom is 0.416 e. The zero-order valence-corrected chi connectivity index (χ0v) is 40.7. The number of ketones is 1. The lowest BCUT2D eigenvalue weighted by molar-refractivity contribution is -0.177. The first-order valence-electron chi connectivity index (χ1n) is 25.3. The molecule has 0 aliphatic heterocycles. The van der Waals surface area contributed by atoms with Crippen molar-refractivity contribution in [1.82, 2.24) is 4.90 Å². The summed E-state index contributed by atoms with van der Waals surface area (Å²) in [6, 6.07) is 6.11. The van der Waals surface area contributed by atoms with Crippen molar-refractivity contribution in [2.24, 2.45) is 74.4 Å². The van der Waals surface area contributed by atoms with E-state index in [2.05, 4.69) is 66.7 Å². The Kier molecular flexibility index (Phi) is 11.1. The van der Waals surface area contributed by atoms with E-state index in [-0.39, 0.29) is 75.2 Å². The van der Waals surface area contributed by atoms with Crippen molar-refractivity contribution >= 4 is 23.5 Å². The molecule has 2 N–H and O–H groups in total. The van der Waals surface area contributed by atoms with E-state index in [4.69, 9.17) is 20.8 Å². The van der Waals surface area contributed by atoms with E-state index in [9.17, 15) is 28.2 Å². The average molecular weight is 935 g/mol. The van der Waals surface area contributed by atoms with Crippen molar-refractivity contribution in [3.8, 4) is 11.3 Å². The third-order valence-corrected chi connectivity index (χ3v) is 21.1. The van der Waals surface area contributed by atoms with Crippen LogP contribution in [0.2, 0.25) is 5.02 Å². The number of allylic oxidation sites excluding steroid dienone is 4. The van der Waals surface area contributed by atoms with Crippen LogP contribution in [0, 0.1) is 74.4 Å². The molecule has 1 amide bonds. The van der Waals surface area contributed by atoms with Crippen LogP contribution < -0.4 is 0 Å². The highest BCUT2D eigenvalue weighted by Crippen LogP contribution is 2.78. The number of aliphatic hydroxyl groups excluding tert-OH is 1. The van der Waals surface area contributed by atoms with E-state index in [1.165, 1.54) is 24.6 Å². The number of furan rings is 1. The predicted octanol–water partition coefficient (Wildman–Crippen LogP) is 13.4. The topological polar surface area (TPSA) is 100 Å². The molecular formula is C55H71ClF3NO6. The van der Waals surface area contributed by atoms with Crippen LogP contribution >= 0.6 is 11.6 Å². The van der Waals surface area contributed by atoms with Gasteiger partial charge in [-0.25, -0.2) is 4.79 Å². The number of nitrogens with zero attached hydrogens (tertiary/aromatic N) is 1. The second kappa shape index (κ2) is 15.7. The van der Waals surface area contributed by atoms with E-state index >= 15 is 4.79 Å². The first-order valence-corrected chi connectivity index (χ1v) is 25.7. The number of hydrogen-bond donors (Lipinski definition) is 2. The number of benzene rings is 1. The monoisotopic (exact) mass is 933 g/mol. The maximum atomic E-state index is 15.4. The molecule has 1 aromatic carbocycles. The van der Waals surface area contributed by atoms with Gasteiger partial charge in [0.1, 0.15) is 11.9 Å². The van der Waals surface area contributed by atoms with Gasteiger partial charge in [-0.05, 0) is 166 Å². The molecule has 7 fully saturated rings. The van der Waals surface area contributed by atoms with Crippen LogP contribution in [-0.4, -0.2) is 57.9 Å². The van der Waals surface area contributed by atoms with E-state index < -0.39 is 39.7 Å². The zero-order chi connectivity index (χ0) is 47.1. The van der Waals surface area contributed by atoms with Crippen LogP contribution in [0.3, 0.4) is 0 Å². The Morgan fingerprint density at radius 1 is 0.924 bits per heavy atom. The third kappa shape index (κ3) is 6.83. The summed E-state index contributed by atoms with van der Waals surface area (Å²) in [5, 5.41) is 24.9. The Morgan fingerprint density at radius 2 is 1.65 bits per heavy atom. The summed E-state index contributed by atoms with van der Waals surface area (Å²) in [6.45, 7) is 16.7. The standard InChI is InChI=1S/C55H71ClF3NO6/c1-31(2)37-12-8-32(3)24-44(37)66-48(63)60(29-33-9-10-34-26-39(33)49(34,4)5)30-53(64)21-18-46-51(53,7)20-17-45-50(6)19-16-36(61)27-52(50)22-23-54(45,46)40(28-52)47(62)43-15-14-42(65-43)38-25-35(55(57,58)59)11-13-41(38)56/h11,13-15,22-23,25,28,31-34,36-37,39,44-46,61,64H,8-10,12,16-21,24,26-27,29-30H2,1-7H3. The lowest BCUT2D eigenvalue weighted by Gasteiger charge is -2.71. The molecule has 14 unspecified atom stereocenters. The van der Waals surface area contributed by atoms with Gasteiger partial charge >= 0.3 is 12.3 Å². The van der Waals surface area contributed by atoms with Crippen molar-refractivity contribution in [2.45, 2.75) is 156 Å². The number of hydrogen-bond acceptors (Lipinski definition) is 6. The molecule has 66 heavy (non-hydrogen) atoms. The van der Waals surface area contributed by atoms with Crippen molar-refractivity contribution < 1.29 is 42.1 Å². The van der Waals surface area contributed by atoms with Gasteiger partial charge in [0.15, 0.2) is 5.76 Å². The highest BCUT2D eigenvalue weighted by atomic mass is 35.5. The molecule has 10 aliphatic carbocycles. The van der Waals surface area contributed by atoms with Gasteiger partial charge in [-0.2, -0.15) is 13.2 Å². The van der Waals surface area contributed by atoms with Gasteiger partial charge in [-0.3, -0.25) is 4.79 Å². The molecule has 12 rings (SSSR count). The Hall–Kier alpha value is -3.08. The smallest absolute Gasteiger partial charge is 0.416 e. The fourth-order valence-electron chi connectivity index (χ4n) is 16.7. The molecular weight excluding hydrogens is 863 g/mol. The Morgan fingerprint density at radius 3 is 2.36 bits per heavy atom. The largest absolute Gasteiger partial charge is 0.453 e. The van der Waals surface area contributed by atoms with Crippen molar-refractivity contribution in [2.75, 3.05) is 13.1 Å². The fourth-order valence-corrected chi connectivity index (χ4v) is 16.9. The minimum Gasteiger partial charge on any atom is -0.453 e. The first-order chi connectivity index (χ1) is 31.0.